The Morgan fingerprint density at radius 2 is 2.31 bits per heavy atom. The highest BCUT2D eigenvalue weighted by Crippen LogP contribution is 2.25. The summed E-state index contributed by atoms with van der Waals surface area (Å²) >= 11 is 0. The molecule has 13 heavy (non-hydrogen) atoms. The molecule has 0 fully saturated rings. The minimum atomic E-state index is -4.38. The quantitative estimate of drug-likeness (QED) is 0.678. The van der Waals surface area contributed by atoms with Gasteiger partial charge in [0, 0.05) is 19.4 Å². The Labute approximate surface area is 73.5 Å². The van der Waals surface area contributed by atoms with Crippen LogP contribution in [0.5, 0.6) is 0 Å². The fraction of sp³-hybridized carbons (Fsp3) is 0.857. The molecule has 76 valence electrons. The summed E-state index contributed by atoms with van der Waals surface area (Å²) in [5, 5.41) is 2.97. The molecule has 1 atom stereocenters. The van der Waals surface area contributed by atoms with Gasteiger partial charge in [0.25, 0.3) is 0 Å². The monoisotopic (exact) mass is 197 g/mol. The van der Waals surface area contributed by atoms with Crippen molar-refractivity contribution in [3.8, 4) is 0 Å². The minimum absolute atomic E-state index is 0.145. The van der Waals surface area contributed by atoms with Gasteiger partial charge in [0.15, 0.2) is 5.71 Å². The summed E-state index contributed by atoms with van der Waals surface area (Å²) in [6.45, 7) is 2.15. The normalized spacial score (nSPS) is 23.7. The van der Waals surface area contributed by atoms with Crippen molar-refractivity contribution in [3.63, 3.8) is 0 Å². The Balaban J connectivity index is 2.48. The maximum atomic E-state index is 12.0. The maximum Gasteiger partial charge on any atom is 0.432 e. The van der Waals surface area contributed by atoms with Crippen LogP contribution in [0, 0.1) is 0 Å². The number of rotatable bonds is 2. The lowest BCUT2D eigenvalue weighted by atomic mass is 10.2. The first-order valence-corrected chi connectivity index (χ1v) is 3.95. The zero-order valence-electron chi connectivity index (χ0n) is 7.10. The molecule has 1 unspecified atom stereocenters. The lowest BCUT2D eigenvalue weighted by Gasteiger charge is -2.21. The van der Waals surface area contributed by atoms with Gasteiger partial charge in [-0.25, -0.2) is 0 Å². The molecule has 0 aromatic heterocycles. The number of ether oxygens (including phenoxy) is 1. The molecule has 1 aliphatic heterocycles. The molecular formula is C7H10F3NO2. The summed E-state index contributed by atoms with van der Waals surface area (Å²) in [6.07, 6.45) is -4.95. The van der Waals surface area contributed by atoms with Gasteiger partial charge in [0.05, 0.1) is 0 Å². The molecule has 0 bridgehead atoms. The van der Waals surface area contributed by atoms with Crippen LogP contribution in [0.25, 0.3) is 0 Å². The predicted octanol–water partition coefficient (Wildman–Crippen LogP) is 2.08. The molecule has 0 radical (unpaired) electrons. The summed E-state index contributed by atoms with van der Waals surface area (Å²) in [7, 11) is 0. The second-order valence-corrected chi connectivity index (χ2v) is 2.56. The fourth-order valence-corrected chi connectivity index (χ4v) is 0.968. The predicted molar refractivity (Wildman–Crippen MR) is 39.2 cm³/mol. The Morgan fingerprint density at radius 1 is 1.62 bits per heavy atom. The van der Waals surface area contributed by atoms with Gasteiger partial charge in [-0.2, -0.15) is 13.2 Å². The molecule has 0 aromatic rings. The first-order valence-electron chi connectivity index (χ1n) is 3.95. The van der Waals surface area contributed by atoms with Gasteiger partial charge in [0.2, 0.25) is 6.29 Å². The van der Waals surface area contributed by atoms with Crippen LogP contribution in [0.4, 0.5) is 13.2 Å². The number of nitrogens with zero attached hydrogens (tertiary/aromatic N) is 1. The third-order valence-electron chi connectivity index (χ3n) is 1.58. The van der Waals surface area contributed by atoms with Crippen molar-refractivity contribution < 1.29 is 22.7 Å². The second kappa shape index (κ2) is 3.95. The largest absolute Gasteiger partial charge is 0.432 e. The smallest absolute Gasteiger partial charge is 0.363 e. The van der Waals surface area contributed by atoms with E-state index in [1.807, 2.05) is 0 Å². The highest BCUT2D eigenvalue weighted by molar-refractivity contribution is 5.89. The van der Waals surface area contributed by atoms with Crippen LogP contribution in [0.2, 0.25) is 0 Å². The molecule has 0 amide bonds. The molecule has 6 heteroatoms. The van der Waals surface area contributed by atoms with Crippen LogP contribution in [0.1, 0.15) is 19.8 Å². The van der Waals surface area contributed by atoms with E-state index in [2.05, 4.69) is 9.99 Å². The van der Waals surface area contributed by atoms with Crippen LogP contribution >= 0.6 is 0 Å². The molecule has 0 aromatic carbocycles. The average molecular weight is 197 g/mol. The first kappa shape index (κ1) is 10.3. The standard InChI is InChI=1S/C7H10F3NO2/c1-2-12-6-4-3-5(11-13-6)7(8,9)10/h6H,2-4H2,1H3. The van der Waals surface area contributed by atoms with Crippen LogP contribution < -0.4 is 0 Å². The molecule has 1 aliphatic rings. The number of halogens is 3. The molecular weight excluding hydrogens is 187 g/mol. The van der Waals surface area contributed by atoms with Gasteiger partial charge in [-0.1, -0.05) is 5.16 Å². The summed E-state index contributed by atoms with van der Waals surface area (Å²) in [4.78, 5) is 4.50. The van der Waals surface area contributed by atoms with Crippen LogP contribution in [-0.2, 0) is 9.57 Å². The van der Waals surface area contributed by atoms with Crippen LogP contribution in [0.15, 0.2) is 5.16 Å². The van der Waals surface area contributed by atoms with Crippen molar-refractivity contribution in [1.82, 2.24) is 0 Å². The summed E-state index contributed by atoms with van der Waals surface area (Å²) in [6, 6.07) is 0. The lowest BCUT2D eigenvalue weighted by Crippen LogP contribution is -2.30. The van der Waals surface area contributed by atoms with Crippen LogP contribution in [-0.4, -0.2) is 24.8 Å². The number of hydrogen-bond donors (Lipinski definition) is 0. The zero-order chi connectivity index (χ0) is 9.90. The molecule has 0 saturated heterocycles. The molecule has 1 rings (SSSR count). The van der Waals surface area contributed by atoms with E-state index in [1.165, 1.54) is 0 Å². The Hall–Kier alpha value is -0.780. The van der Waals surface area contributed by atoms with Gasteiger partial charge in [-0.05, 0) is 6.92 Å². The van der Waals surface area contributed by atoms with Gasteiger partial charge in [-0.15, -0.1) is 0 Å². The third-order valence-corrected chi connectivity index (χ3v) is 1.58. The van der Waals surface area contributed by atoms with Crippen molar-refractivity contribution in [3.05, 3.63) is 0 Å². The SMILES string of the molecule is CCOC1CCC(C(F)(F)F)=NO1. The zero-order valence-corrected chi connectivity index (χ0v) is 7.10. The number of alkyl halides is 3. The number of oxime groups is 1. The fourth-order valence-electron chi connectivity index (χ4n) is 0.968. The maximum absolute atomic E-state index is 12.0. The lowest BCUT2D eigenvalue weighted by molar-refractivity contribution is -0.154. The van der Waals surface area contributed by atoms with E-state index >= 15 is 0 Å². The minimum Gasteiger partial charge on any atom is -0.363 e. The summed E-state index contributed by atoms with van der Waals surface area (Å²) < 4.78 is 41.0. The van der Waals surface area contributed by atoms with E-state index in [4.69, 9.17) is 4.74 Å². The second-order valence-electron chi connectivity index (χ2n) is 2.56. The third kappa shape index (κ3) is 2.87. The van der Waals surface area contributed by atoms with Gasteiger partial charge in [-0.3, -0.25) is 0 Å². The summed E-state index contributed by atoms with van der Waals surface area (Å²) in [5.41, 5.74) is -0.872. The van der Waals surface area contributed by atoms with E-state index in [9.17, 15) is 13.2 Å². The van der Waals surface area contributed by atoms with Crippen molar-refractivity contribution in [2.24, 2.45) is 5.16 Å². The van der Waals surface area contributed by atoms with Gasteiger partial charge < -0.3 is 9.57 Å². The van der Waals surface area contributed by atoms with E-state index < -0.39 is 18.2 Å². The van der Waals surface area contributed by atoms with E-state index in [-0.39, 0.29) is 12.8 Å². The van der Waals surface area contributed by atoms with E-state index in [0.717, 1.165) is 0 Å². The van der Waals surface area contributed by atoms with Gasteiger partial charge in [0.1, 0.15) is 0 Å². The van der Waals surface area contributed by atoms with Crippen molar-refractivity contribution in [2.75, 3.05) is 6.61 Å². The molecule has 3 nitrogen and oxygen atoms in total. The Bertz CT molecular complexity index is 202. The average Bonchev–Trinajstić information content (AvgIpc) is 2.04. The van der Waals surface area contributed by atoms with E-state index in [0.29, 0.717) is 6.61 Å². The van der Waals surface area contributed by atoms with Crippen molar-refractivity contribution >= 4 is 5.71 Å². The highest BCUT2D eigenvalue weighted by Gasteiger charge is 2.38. The first-order chi connectivity index (χ1) is 6.04. The molecule has 1 heterocycles. The molecule has 0 saturated carbocycles. The Morgan fingerprint density at radius 3 is 2.69 bits per heavy atom. The molecule has 0 N–H and O–H groups in total. The topological polar surface area (TPSA) is 30.8 Å². The van der Waals surface area contributed by atoms with E-state index in [1.54, 1.807) is 6.92 Å². The van der Waals surface area contributed by atoms with Crippen molar-refractivity contribution in [1.29, 1.82) is 0 Å². The Kier molecular flexibility index (Phi) is 3.13. The highest BCUT2D eigenvalue weighted by atomic mass is 19.4. The van der Waals surface area contributed by atoms with Crippen LogP contribution in [0.3, 0.4) is 0 Å². The molecule has 0 aliphatic carbocycles. The molecule has 0 spiro atoms. The summed E-state index contributed by atoms with van der Waals surface area (Å²) in [5.74, 6) is 0. The van der Waals surface area contributed by atoms with Crippen molar-refractivity contribution in [2.45, 2.75) is 32.2 Å². The van der Waals surface area contributed by atoms with Gasteiger partial charge >= 0.3 is 6.18 Å². The number of hydrogen-bond acceptors (Lipinski definition) is 3.